The monoisotopic (exact) mass is 346 g/mol. The molecular weight excluding hydrogens is 320 g/mol. The van der Waals surface area contributed by atoms with Crippen LogP contribution in [0.15, 0.2) is 0 Å². The summed E-state index contributed by atoms with van der Waals surface area (Å²) >= 11 is 0. The minimum atomic E-state index is -0.553. The van der Waals surface area contributed by atoms with E-state index in [4.69, 9.17) is 0 Å². The molecule has 2 aliphatic rings. The third-order valence-electron chi connectivity index (χ3n) is 4.36. The average Bonchev–Trinajstić information content (AvgIpc) is 3.03. The summed E-state index contributed by atoms with van der Waals surface area (Å²) in [4.78, 5) is 41.3. The van der Waals surface area contributed by atoms with E-state index in [0.717, 1.165) is 25.9 Å². The Morgan fingerprint density at radius 3 is 2.43 bits per heavy atom. The maximum Gasteiger partial charge on any atom is 0.312 e. The van der Waals surface area contributed by atoms with Crippen LogP contribution < -0.4 is 5.32 Å². The molecule has 2 fully saturated rings. The fourth-order valence-electron chi connectivity index (χ4n) is 3.08. The molecule has 0 saturated carbocycles. The summed E-state index contributed by atoms with van der Waals surface area (Å²) in [6.45, 7) is 7.80. The molecular formula is C15H27ClN4O3. The number of nitrogens with zero attached hydrogens (tertiary/aromatic N) is 3. The quantitative estimate of drug-likeness (QED) is 0.670. The molecule has 1 unspecified atom stereocenters. The van der Waals surface area contributed by atoms with Crippen molar-refractivity contribution in [2.75, 3.05) is 45.8 Å². The van der Waals surface area contributed by atoms with Gasteiger partial charge in [0.15, 0.2) is 0 Å². The molecule has 0 bridgehead atoms. The standard InChI is InChI=1S/C15H26N4O3.ClH/c1-3-7-19(12-5-6-16-10-12)13(20)11-18-9-8-17(4-2)14(21)15(18)22;/h12,16H,3-11H2,1-2H3;1H. The molecule has 0 radical (unpaired) electrons. The fraction of sp³-hybridized carbons (Fsp3) is 0.800. The molecule has 2 heterocycles. The van der Waals surface area contributed by atoms with Gasteiger partial charge in [0, 0.05) is 38.8 Å². The Morgan fingerprint density at radius 2 is 1.87 bits per heavy atom. The summed E-state index contributed by atoms with van der Waals surface area (Å²) in [5, 5.41) is 3.26. The number of hydrogen-bond donors (Lipinski definition) is 1. The van der Waals surface area contributed by atoms with E-state index >= 15 is 0 Å². The molecule has 0 aromatic rings. The normalized spacial score (nSPS) is 21.4. The van der Waals surface area contributed by atoms with Crippen molar-refractivity contribution in [1.29, 1.82) is 0 Å². The smallest absolute Gasteiger partial charge is 0.312 e. The van der Waals surface area contributed by atoms with Gasteiger partial charge in [-0.15, -0.1) is 12.4 Å². The second-order valence-electron chi connectivity index (χ2n) is 5.85. The average molecular weight is 347 g/mol. The second kappa shape index (κ2) is 9.08. The van der Waals surface area contributed by atoms with Crippen molar-refractivity contribution in [2.24, 2.45) is 0 Å². The molecule has 8 heteroatoms. The van der Waals surface area contributed by atoms with Crippen LogP contribution in [-0.2, 0) is 14.4 Å². The third-order valence-corrected chi connectivity index (χ3v) is 4.36. The maximum absolute atomic E-state index is 12.6. The zero-order valence-corrected chi connectivity index (χ0v) is 14.7. The van der Waals surface area contributed by atoms with Crippen LogP contribution in [0.25, 0.3) is 0 Å². The van der Waals surface area contributed by atoms with Crippen molar-refractivity contribution in [3.05, 3.63) is 0 Å². The highest BCUT2D eigenvalue weighted by atomic mass is 35.5. The number of halogens is 1. The zero-order chi connectivity index (χ0) is 16.1. The second-order valence-corrected chi connectivity index (χ2v) is 5.85. The van der Waals surface area contributed by atoms with Crippen LogP contribution in [-0.4, -0.2) is 84.3 Å². The summed E-state index contributed by atoms with van der Waals surface area (Å²) in [6, 6.07) is 0.204. The molecule has 0 aliphatic carbocycles. The molecule has 0 aromatic heterocycles. The highest BCUT2D eigenvalue weighted by Crippen LogP contribution is 2.12. The van der Waals surface area contributed by atoms with Gasteiger partial charge in [-0.05, 0) is 26.3 Å². The lowest BCUT2D eigenvalue weighted by molar-refractivity contribution is -0.157. The van der Waals surface area contributed by atoms with Crippen molar-refractivity contribution in [3.8, 4) is 0 Å². The van der Waals surface area contributed by atoms with Gasteiger partial charge in [0.05, 0.1) is 0 Å². The molecule has 7 nitrogen and oxygen atoms in total. The lowest BCUT2D eigenvalue weighted by Gasteiger charge is -2.35. The summed E-state index contributed by atoms with van der Waals surface area (Å²) in [7, 11) is 0. The molecule has 3 amide bonds. The van der Waals surface area contributed by atoms with Crippen molar-refractivity contribution < 1.29 is 14.4 Å². The van der Waals surface area contributed by atoms with Gasteiger partial charge in [0.1, 0.15) is 6.54 Å². The molecule has 2 aliphatic heterocycles. The first-order chi connectivity index (χ1) is 10.6. The Morgan fingerprint density at radius 1 is 1.22 bits per heavy atom. The number of rotatable bonds is 6. The van der Waals surface area contributed by atoms with E-state index in [0.29, 0.717) is 26.2 Å². The van der Waals surface area contributed by atoms with Gasteiger partial charge < -0.3 is 20.0 Å². The van der Waals surface area contributed by atoms with Gasteiger partial charge in [-0.3, -0.25) is 14.4 Å². The first-order valence-electron chi connectivity index (χ1n) is 8.16. The number of carbonyl (C=O) groups excluding carboxylic acids is 3. The highest BCUT2D eigenvalue weighted by molar-refractivity contribution is 6.35. The van der Waals surface area contributed by atoms with Crippen LogP contribution in [0, 0.1) is 0 Å². The number of piperazine rings is 1. The van der Waals surface area contributed by atoms with E-state index in [-0.39, 0.29) is 30.9 Å². The zero-order valence-electron chi connectivity index (χ0n) is 13.9. The first kappa shape index (κ1) is 19.7. The van der Waals surface area contributed by atoms with Gasteiger partial charge in [0.2, 0.25) is 5.91 Å². The van der Waals surface area contributed by atoms with Crippen molar-refractivity contribution in [1.82, 2.24) is 20.0 Å². The molecule has 2 saturated heterocycles. The fourth-order valence-corrected chi connectivity index (χ4v) is 3.08. The van der Waals surface area contributed by atoms with Crippen LogP contribution in [0.2, 0.25) is 0 Å². The number of carbonyl (C=O) groups is 3. The van der Waals surface area contributed by atoms with E-state index in [2.05, 4.69) is 5.32 Å². The molecule has 1 N–H and O–H groups in total. The molecule has 0 spiro atoms. The lowest BCUT2D eigenvalue weighted by Crippen LogP contribution is -2.57. The van der Waals surface area contributed by atoms with E-state index in [1.165, 1.54) is 9.80 Å². The van der Waals surface area contributed by atoms with Gasteiger partial charge in [-0.2, -0.15) is 0 Å². The SMILES string of the molecule is CCCN(C(=O)CN1CCN(CC)C(=O)C1=O)C1CCNC1.Cl. The van der Waals surface area contributed by atoms with Crippen LogP contribution in [0.3, 0.4) is 0 Å². The van der Waals surface area contributed by atoms with E-state index in [1.54, 1.807) is 0 Å². The summed E-state index contributed by atoms with van der Waals surface area (Å²) in [5.74, 6) is -1.10. The van der Waals surface area contributed by atoms with E-state index in [9.17, 15) is 14.4 Å². The predicted octanol–water partition coefficient (Wildman–Crippen LogP) is -0.301. The summed E-state index contributed by atoms with van der Waals surface area (Å²) in [6.07, 6.45) is 1.83. The Hall–Kier alpha value is -1.34. The van der Waals surface area contributed by atoms with Crippen LogP contribution >= 0.6 is 12.4 Å². The molecule has 2 rings (SSSR count). The van der Waals surface area contributed by atoms with Gasteiger partial charge in [0.25, 0.3) is 0 Å². The van der Waals surface area contributed by atoms with Crippen molar-refractivity contribution in [3.63, 3.8) is 0 Å². The Bertz CT molecular complexity index is 440. The first-order valence-corrected chi connectivity index (χ1v) is 8.16. The topological polar surface area (TPSA) is 73.0 Å². The predicted molar refractivity (Wildman–Crippen MR) is 89.4 cm³/mol. The Labute approximate surface area is 143 Å². The Kier molecular flexibility index (Phi) is 7.78. The minimum absolute atomic E-state index is 0. The molecule has 1 atom stereocenters. The van der Waals surface area contributed by atoms with Crippen molar-refractivity contribution >= 4 is 30.1 Å². The van der Waals surface area contributed by atoms with E-state index in [1.807, 2.05) is 18.7 Å². The summed E-state index contributed by atoms with van der Waals surface area (Å²) in [5.41, 5.74) is 0. The highest BCUT2D eigenvalue weighted by Gasteiger charge is 2.34. The summed E-state index contributed by atoms with van der Waals surface area (Å²) < 4.78 is 0. The van der Waals surface area contributed by atoms with Crippen LogP contribution in [0.4, 0.5) is 0 Å². The minimum Gasteiger partial charge on any atom is -0.337 e. The third kappa shape index (κ3) is 4.57. The number of nitrogens with one attached hydrogen (secondary N) is 1. The van der Waals surface area contributed by atoms with Crippen LogP contribution in [0.1, 0.15) is 26.7 Å². The number of likely N-dealkylation sites (N-methyl/N-ethyl adjacent to an activating group) is 1. The van der Waals surface area contributed by atoms with Gasteiger partial charge in [-0.25, -0.2) is 0 Å². The molecule has 23 heavy (non-hydrogen) atoms. The van der Waals surface area contributed by atoms with Crippen LogP contribution in [0.5, 0.6) is 0 Å². The maximum atomic E-state index is 12.6. The van der Waals surface area contributed by atoms with Gasteiger partial charge in [-0.1, -0.05) is 6.92 Å². The Balaban J connectivity index is 0.00000264. The van der Waals surface area contributed by atoms with E-state index < -0.39 is 11.8 Å². The molecule has 132 valence electrons. The largest absolute Gasteiger partial charge is 0.337 e. The number of amides is 3. The number of hydrogen-bond acceptors (Lipinski definition) is 4. The van der Waals surface area contributed by atoms with Crippen molar-refractivity contribution in [2.45, 2.75) is 32.7 Å². The lowest BCUT2D eigenvalue weighted by atomic mass is 10.2. The molecule has 0 aromatic carbocycles. The van der Waals surface area contributed by atoms with Gasteiger partial charge >= 0.3 is 11.8 Å².